The van der Waals surface area contributed by atoms with Crippen molar-refractivity contribution in [3.8, 4) is 11.8 Å². The molecule has 0 aliphatic carbocycles. The minimum atomic E-state index is -3.68. The molecule has 0 unspecified atom stereocenters. The maximum atomic E-state index is 12.7. The lowest BCUT2D eigenvalue weighted by Gasteiger charge is -2.18. The zero-order chi connectivity index (χ0) is 19.2. The summed E-state index contributed by atoms with van der Waals surface area (Å²) in [6.07, 6.45) is 1.50. The Morgan fingerprint density at radius 2 is 1.77 bits per heavy atom. The molecule has 0 radical (unpaired) electrons. The lowest BCUT2D eigenvalue weighted by Crippen LogP contribution is -2.31. The number of aryl methyl sites for hydroxylation is 1. The van der Waals surface area contributed by atoms with E-state index in [0.29, 0.717) is 5.56 Å². The Morgan fingerprint density at radius 3 is 2.31 bits per heavy atom. The predicted octanol–water partition coefficient (Wildman–Crippen LogP) is 3.13. The Labute approximate surface area is 153 Å². The van der Waals surface area contributed by atoms with E-state index in [-0.39, 0.29) is 23.7 Å². The summed E-state index contributed by atoms with van der Waals surface area (Å²) < 4.78 is 26.7. The van der Waals surface area contributed by atoms with Gasteiger partial charge >= 0.3 is 0 Å². The number of sulfonamides is 1. The number of nitro groups is 1. The van der Waals surface area contributed by atoms with Crippen LogP contribution in [0.2, 0.25) is 0 Å². The van der Waals surface area contributed by atoms with Gasteiger partial charge in [-0.15, -0.1) is 6.58 Å². The normalized spacial score (nSPS) is 10.8. The standard InChI is InChI=1S/C19H18N2O4S/c1-3-14-20(26(24,25)19-12-6-16(2)7-13-19)15-4-5-17-8-10-18(11-9-17)21(22)23/h3,6-13H,1,14-15H2,2H3. The van der Waals surface area contributed by atoms with E-state index >= 15 is 0 Å². The van der Waals surface area contributed by atoms with Crippen LogP contribution in [0.15, 0.2) is 66.1 Å². The van der Waals surface area contributed by atoms with Crippen molar-refractivity contribution in [3.63, 3.8) is 0 Å². The number of nitro benzene ring substituents is 1. The van der Waals surface area contributed by atoms with Gasteiger partial charge in [0.25, 0.3) is 5.69 Å². The van der Waals surface area contributed by atoms with Crippen LogP contribution in [0.25, 0.3) is 0 Å². The van der Waals surface area contributed by atoms with Gasteiger partial charge in [-0.3, -0.25) is 10.1 Å². The minimum absolute atomic E-state index is 0.0147. The van der Waals surface area contributed by atoms with E-state index in [1.54, 1.807) is 24.3 Å². The number of rotatable bonds is 6. The second-order valence-corrected chi connectivity index (χ2v) is 7.44. The summed E-state index contributed by atoms with van der Waals surface area (Å²) in [7, 11) is -3.68. The molecule has 134 valence electrons. The molecule has 2 rings (SSSR count). The van der Waals surface area contributed by atoms with Crippen LogP contribution >= 0.6 is 0 Å². The third kappa shape index (κ3) is 4.79. The first kappa shape index (κ1) is 19.4. The fourth-order valence-electron chi connectivity index (χ4n) is 2.15. The van der Waals surface area contributed by atoms with Crippen LogP contribution in [0.3, 0.4) is 0 Å². The Hall–Kier alpha value is -2.95. The first-order valence-electron chi connectivity index (χ1n) is 7.75. The van der Waals surface area contributed by atoms with E-state index in [2.05, 4.69) is 18.4 Å². The molecular formula is C19H18N2O4S. The third-order valence-corrected chi connectivity index (χ3v) is 5.38. The van der Waals surface area contributed by atoms with Crippen LogP contribution in [0.1, 0.15) is 11.1 Å². The maximum absolute atomic E-state index is 12.7. The van der Waals surface area contributed by atoms with Crippen LogP contribution in [0, 0.1) is 28.9 Å². The zero-order valence-corrected chi connectivity index (χ0v) is 15.1. The van der Waals surface area contributed by atoms with Gasteiger partial charge in [0.1, 0.15) is 0 Å². The Bertz CT molecular complexity index is 953. The summed E-state index contributed by atoms with van der Waals surface area (Å²) >= 11 is 0. The molecule has 0 saturated heterocycles. The number of nitrogens with zero attached hydrogens (tertiary/aromatic N) is 2. The molecule has 0 bridgehead atoms. The number of benzene rings is 2. The molecule has 0 atom stereocenters. The molecule has 0 spiro atoms. The fraction of sp³-hybridized carbons (Fsp3) is 0.158. The van der Waals surface area contributed by atoms with Gasteiger partial charge in [0.15, 0.2) is 0 Å². The van der Waals surface area contributed by atoms with Gasteiger partial charge in [-0.25, -0.2) is 8.42 Å². The van der Waals surface area contributed by atoms with Gasteiger partial charge in [-0.1, -0.05) is 35.6 Å². The van der Waals surface area contributed by atoms with Crippen molar-refractivity contribution in [2.24, 2.45) is 0 Å². The minimum Gasteiger partial charge on any atom is -0.258 e. The SMILES string of the molecule is C=CCN(CC#Cc1ccc([N+](=O)[O-])cc1)S(=O)(=O)c1ccc(C)cc1. The molecule has 6 nitrogen and oxygen atoms in total. The average molecular weight is 370 g/mol. The van der Waals surface area contributed by atoms with Crippen molar-refractivity contribution in [2.75, 3.05) is 13.1 Å². The molecule has 0 N–H and O–H groups in total. The number of hydrogen-bond donors (Lipinski definition) is 0. The third-order valence-electron chi connectivity index (χ3n) is 3.56. The molecule has 0 aromatic heterocycles. The first-order valence-corrected chi connectivity index (χ1v) is 9.19. The molecule has 0 fully saturated rings. The van der Waals surface area contributed by atoms with Crippen molar-refractivity contribution < 1.29 is 13.3 Å². The Kier molecular flexibility index (Phi) is 6.28. The van der Waals surface area contributed by atoms with E-state index in [1.165, 1.54) is 34.6 Å². The number of non-ortho nitro benzene ring substituents is 1. The summed E-state index contributed by atoms with van der Waals surface area (Å²) in [5.41, 5.74) is 1.52. The van der Waals surface area contributed by atoms with Crippen molar-refractivity contribution in [2.45, 2.75) is 11.8 Å². The maximum Gasteiger partial charge on any atom is 0.269 e. The Balaban J connectivity index is 2.19. The van der Waals surface area contributed by atoms with Crippen LogP contribution in [-0.4, -0.2) is 30.7 Å². The lowest BCUT2D eigenvalue weighted by molar-refractivity contribution is -0.384. The smallest absolute Gasteiger partial charge is 0.258 e. The molecule has 0 aliphatic rings. The van der Waals surface area contributed by atoms with Crippen LogP contribution in [0.5, 0.6) is 0 Å². The molecule has 0 amide bonds. The van der Waals surface area contributed by atoms with Crippen molar-refractivity contribution in [3.05, 3.63) is 82.4 Å². The van der Waals surface area contributed by atoms with E-state index in [1.807, 2.05) is 6.92 Å². The zero-order valence-electron chi connectivity index (χ0n) is 14.3. The molecule has 0 heterocycles. The van der Waals surface area contributed by atoms with E-state index in [9.17, 15) is 18.5 Å². The average Bonchev–Trinajstić information content (AvgIpc) is 2.61. The predicted molar refractivity (Wildman–Crippen MR) is 100 cm³/mol. The fourth-order valence-corrected chi connectivity index (χ4v) is 3.46. The Morgan fingerprint density at radius 1 is 1.15 bits per heavy atom. The molecule has 0 saturated carbocycles. The number of hydrogen-bond acceptors (Lipinski definition) is 4. The van der Waals surface area contributed by atoms with Gasteiger partial charge in [-0.2, -0.15) is 4.31 Å². The summed E-state index contributed by atoms with van der Waals surface area (Å²) in [5, 5.41) is 10.6. The van der Waals surface area contributed by atoms with Gasteiger partial charge in [0, 0.05) is 24.2 Å². The monoisotopic (exact) mass is 370 g/mol. The highest BCUT2D eigenvalue weighted by molar-refractivity contribution is 7.89. The quantitative estimate of drug-likeness (QED) is 0.339. The summed E-state index contributed by atoms with van der Waals surface area (Å²) in [6, 6.07) is 12.4. The van der Waals surface area contributed by atoms with Gasteiger partial charge in [0.2, 0.25) is 10.0 Å². The lowest BCUT2D eigenvalue weighted by atomic mass is 10.2. The van der Waals surface area contributed by atoms with Crippen LogP contribution < -0.4 is 0 Å². The van der Waals surface area contributed by atoms with Crippen LogP contribution in [0.4, 0.5) is 5.69 Å². The van der Waals surface area contributed by atoms with Gasteiger partial charge in [-0.05, 0) is 31.2 Å². The molecule has 2 aromatic carbocycles. The molecule has 26 heavy (non-hydrogen) atoms. The first-order chi connectivity index (χ1) is 12.3. The highest BCUT2D eigenvalue weighted by Gasteiger charge is 2.22. The van der Waals surface area contributed by atoms with Crippen molar-refractivity contribution in [1.82, 2.24) is 4.31 Å². The summed E-state index contributed by atoms with van der Waals surface area (Å²) in [4.78, 5) is 10.3. The second-order valence-electron chi connectivity index (χ2n) is 5.51. The summed E-state index contributed by atoms with van der Waals surface area (Å²) in [5.74, 6) is 5.62. The van der Waals surface area contributed by atoms with Gasteiger partial charge in [0.05, 0.1) is 16.4 Å². The van der Waals surface area contributed by atoms with Gasteiger partial charge < -0.3 is 0 Å². The van der Waals surface area contributed by atoms with E-state index in [4.69, 9.17) is 0 Å². The molecule has 2 aromatic rings. The molecular weight excluding hydrogens is 352 g/mol. The van der Waals surface area contributed by atoms with Crippen LogP contribution in [-0.2, 0) is 10.0 Å². The second kappa shape index (κ2) is 8.43. The molecule has 0 aliphatic heterocycles. The summed E-state index contributed by atoms with van der Waals surface area (Å²) in [6.45, 7) is 5.59. The van der Waals surface area contributed by atoms with Crippen molar-refractivity contribution >= 4 is 15.7 Å². The molecule has 7 heteroatoms. The topological polar surface area (TPSA) is 80.5 Å². The van der Waals surface area contributed by atoms with Crippen molar-refractivity contribution in [1.29, 1.82) is 0 Å². The van der Waals surface area contributed by atoms with E-state index in [0.717, 1.165) is 5.56 Å². The highest BCUT2D eigenvalue weighted by atomic mass is 32.2. The largest absolute Gasteiger partial charge is 0.269 e. The van der Waals surface area contributed by atoms with E-state index < -0.39 is 14.9 Å². The highest BCUT2D eigenvalue weighted by Crippen LogP contribution is 2.16.